The van der Waals surface area contributed by atoms with Crippen molar-refractivity contribution in [2.45, 2.75) is 39.2 Å². The normalized spacial score (nSPS) is 23.8. The Labute approximate surface area is 161 Å². The van der Waals surface area contributed by atoms with Crippen LogP contribution in [0.1, 0.15) is 33.1 Å². The van der Waals surface area contributed by atoms with Crippen LogP contribution in [-0.2, 0) is 4.79 Å². The maximum atomic E-state index is 12.9. The minimum absolute atomic E-state index is 0. The van der Waals surface area contributed by atoms with Crippen LogP contribution in [0.2, 0.25) is 0 Å². The summed E-state index contributed by atoms with van der Waals surface area (Å²) < 4.78 is 5.47. The first-order chi connectivity index (χ1) is 12.2. The van der Waals surface area contributed by atoms with E-state index < -0.39 is 0 Å². The first-order valence-electron chi connectivity index (χ1n) is 9.40. The van der Waals surface area contributed by atoms with Gasteiger partial charge in [-0.25, -0.2) is 4.98 Å². The molecule has 1 amide bonds. The summed E-state index contributed by atoms with van der Waals surface area (Å²) >= 11 is 0. The molecule has 3 heterocycles. The predicted octanol–water partition coefficient (Wildman–Crippen LogP) is 1.72. The third-order valence-corrected chi connectivity index (χ3v) is 4.97. The predicted molar refractivity (Wildman–Crippen MR) is 104 cm³/mol. The van der Waals surface area contributed by atoms with Crippen LogP contribution in [0.15, 0.2) is 12.3 Å². The van der Waals surface area contributed by atoms with Crippen molar-refractivity contribution in [2.75, 3.05) is 44.2 Å². The Morgan fingerprint density at radius 3 is 2.96 bits per heavy atom. The molecule has 1 aromatic heterocycles. The van der Waals surface area contributed by atoms with E-state index in [-0.39, 0.29) is 18.3 Å². The number of nitrogens with one attached hydrogen (secondary N) is 1. The maximum absolute atomic E-state index is 12.9. The summed E-state index contributed by atoms with van der Waals surface area (Å²) in [7, 11) is 0. The van der Waals surface area contributed by atoms with E-state index in [4.69, 9.17) is 4.74 Å². The number of nitrogens with zero attached hydrogens (tertiary/aromatic N) is 4. The molecule has 1 aromatic rings. The summed E-state index contributed by atoms with van der Waals surface area (Å²) in [6.07, 6.45) is 4.56. The summed E-state index contributed by atoms with van der Waals surface area (Å²) in [5.74, 6) is 1.78. The molecule has 0 spiro atoms. The van der Waals surface area contributed by atoms with Gasteiger partial charge in [0.2, 0.25) is 17.7 Å². The molecule has 0 unspecified atom stereocenters. The number of piperidine rings is 1. The third-order valence-electron chi connectivity index (χ3n) is 4.97. The lowest BCUT2D eigenvalue weighted by atomic mass is 9.92. The molecule has 26 heavy (non-hydrogen) atoms. The fourth-order valence-corrected chi connectivity index (χ4v) is 3.67. The van der Waals surface area contributed by atoms with Crippen LogP contribution in [0.4, 0.5) is 5.95 Å². The van der Waals surface area contributed by atoms with Crippen molar-refractivity contribution in [1.29, 1.82) is 0 Å². The second kappa shape index (κ2) is 9.92. The molecule has 2 aliphatic heterocycles. The highest BCUT2D eigenvalue weighted by atomic mass is 35.5. The van der Waals surface area contributed by atoms with Gasteiger partial charge in [-0.3, -0.25) is 4.79 Å². The molecule has 2 aliphatic rings. The Morgan fingerprint density at radius 2 is 2.19 bits per heavy atom. The highest BCUT2D eigenvalue weighted by Crippen LogP contribution is 2.21. The van der Waals surface area contributed by atoms with Crippen LogP contribution >= 0.6 is 12.4 Å². The van der Waals surface area contributed by atoms with Crippen LogP contribution in [0.5, 0.6) is 5.88 Å². The number of carbonyl (C=O) groups is 1. The van der Waals surface area contributed by atoms with Crippen molar-refractivity contribution in [2.24, 2.45) is 5.92 Å². The van der Waals surface area contributed by atoms with E-state index in [2.05, 4.69) is 27.1 Å². The molecule has 2 saturated heterocycles. The molecular formula is C18H30ClN5O2. The molecular weight excluding hydrogens is 354 g/mol. The Balaban J connectivity index is 0.00000243. The molecule has 8 heteroatoms. The molecule has 0 aliphatic carbocycles. The zero-order chi connectivity index (χ0) is 17.6. The summed E-state index contributed by atoms with van der Waals surface area (Å²) in [6, 6.07) is 2.21. The molecule has 2 fully saturated rings. The number of amides is 1. The molecule has 1 N–H and O–H groups in total. The number of halogens is 1. The van der Waals surface area contributed by atoms with Gasteiger partial charge in [0, 0.05) is 50.4 Å². The van der Waals surface area contributed by atoms with E-state index in [0.29, 0.717) is 30.4 Å². The van der Waals surface area contributed by atoms with E-state index in [1.54, 1.807) is 12.3 Å². The smallest absolute Gasteiger partial charge is 0.228 e. The van der Waals surface area contributed by atoms with Gasteiger partial charge in [-0.05, 0) is 39.7 Å². The van der Waals surface area contributed by atoms with Gasteiger partial charge < -0.3 is 19.9 Å². The fraction of sp³-hybridized carbons (Fsp3) is 0.722. The Kier molecular flexibility index (Phi) is 7.90. The lowest BCUT2D eigenvalue weighted by Gasteiger charge is -2.31. The average molecular weight is 384 g/mol. The van der Waals surface area contributed by atoms with Gasteiger partial charge in [0.1, 0.15) is 0 Å². The Hall–Kier alpha value is -1.60. The number of hydrogen-bond donors (Lipinski definition) is 1. The first kappa shape index (κ1) is 20.7. The van der Waals surface area contributed by atoms with Gasteiger partial charge in [-0.15, -0.1) is 12.4 Å². The molecule has 3 rings (SSSR count). The summed E-state index contributed by atoms with van der Waals surface area (Å²) in [5.41, 5.74) is 0. The van der Waals surface area contributed by atoms with Crippen molar-refractivity contribution in [3.05, 3.63) is 12.3 Å². The van der Waals surface area contributed by atoms with Gasteiger partial charge in [0.15, 0.2) is 0 Å². The van der Waals surface area contributed by atoms with Crippen LogP contribution in [0.25, 0.3) is 0 Å². The van der Waals surface area contributed by atoms with Crippen molar-refractivity contribution in [3.8, 4) is 5.88 Å². The van der Waals surface area contributed by atoms with Crippen LogP contribution in [0.3, 0.4) is 0 Å². The van der Waals surface area contributed by atoms with Gasteiger partial charge in [-0.1, -0.05) is 0 Å². The monoisotopic (exact) mass is 383 g/mol. The van der Waals surface area contributed by atoms with Crippen LogP contribution in [-0.4, -0.2) is 66.1 Å². The standard InChI is InChI=1S/C18H29N5O2.ClH/c1-3-25-16-6-8-20-18(21-16)23-10-4-9-22(11-12-23)17(24)15-5-7-19-14(2)13-15;/h6,8,14-15,19H,3-5,7,9-13H2,1-2H3;1H/t14-,15-;/m0./s1. The van der Waals surface area contributed by atoms with Gasteiger partial charge in [-0.2, -0.15) is 4.98 Å². The maximum Gasteiger partial charge on any atom is 0.228 e. The number of anilines is 1. The summed E-state index contributed by atoms with van der Waals surface area (Å²) in [4.78, 5) is 25.9. The molecule has 0 saturated carbocycles. The number of carbonyl (C=O) groups excluding carboxylic acids is 1. The van der Waals surface area contributed by atoms with E-state index >= 15 is 0 Å². The van der Waals surface area contributed by atoms with Crippen molar-refractivity contribution in [1.82, 2.24) is 20.2 Å². The molecule has 0 bridgehead atoms. The zero-order valence-electron chi connectivity index (χ0n) is 15.7. The van der Waals surface area contributed by atoms with Crippen molar-refractivity contribution < 1.29 is 9.53 Å². The highest BCUT2D eigenvalue weighted by molar-refractivity contribution is 5.85. The highest BCUT2D eigenvalue weighted by Gasteiger charge is 2.29. The molecule has 0 aromatic carbocycles. The van der Waals surface area contributed by atoms with Gasteiger partial charge in [0.05, 0.1) is 6.61 Å². The quantitative estimate of drug-likeness (QED) is 0.853. The second-order valence-corrected chi connectivity index (χ2v) is 6.87. The largest absolute Gasteiger partial charge is 0.478 e. The second-order valence-electron chi connectivity index (χ2n) is 6.87. The minimum atomic E-state index is 0. The van der Waals surface area contributed by atoms with Crippen molar-refractivity contribution >= 4 is 24.3 Å². The topological polar surface area (TPSA) is 70.6 Å². The summed E-state index contributed by atoms with van der Waals surface area (Å²) in [6.45, 7) is 8.82. The Bertz CT molecular complexity index is 588. The van der Waals surface area contributed by atoms with Crippen molar-refractivity contribution in [3.63, 3.8) is 0 Å². The van der Waals surface area contributed by atoms with Gasteiger partial charge in [0.25, 0.3) is 0 Å². The van der Waals surface area contributed by atoms with Crippen LogP contribution in [0, 0.1) is 5.92 Å². The number of hydrogen-bond acceptors (Lipinski definition) is 6. The lowest BCUT2D eigenvalue weighted by molar-refractivity contribution is -0.136. The fourth-order valence-electron chi connectivity index (χ4n) is 3.67. The molecule has 0 radical (unpaired) electrons. The number of ether oxygens (including phenoxy) is 1. The van der Waals surface area contributed by atoms with Crippen LogP contribution < -0.4 is 15.0 Å². The minimum Gasteiger partial charge on any atom is -0.478 e. The van der Waals surface area contributed by atoms with E-state index in [9.17, 15) is 4.79 Å². The number of rotatable bonds is 4. The van der Waals surface area contributed by atoms with E-state index in [1.165, 1.54) is 0 Å². The SMILES string of the molecule is CCOc1ccnc(N2CCCN(C(=O)[C@H]3CCN[C@@H](C)C3)CC2)n1.Cl. The lowest BCUT2D eigenvalue weighted by Crippen LogP contribution is -2.45. The number of aromatic nitrogens is 2. The average Bonchev–Trinajstić information content (AvgIpc) is 2.88. The Morgan fingerprint density at radius 1 is 1.35 bits per heavy atom. The molecule has 2 atom stereocenters. The molecule has 7 nitrogen and oxygen atoms in total. The first-order valence-corrected chi connectivity index (χ1v) is 9.40. The van der Waals surface area contributed by atoms with E-state index in [1.807, 2.05) is 11.8 Å². The van der Waals surface area contributed by atoms with E-state index in [0.717, 1.165) is 52.0 Å². The van der Waals surface area contributed by atoms with Gasteiger partial charge >= 0.3 is 0 Å². The third kappa shape index (κ3) is 5.20. The zero-order valence-corrected chi connectivity index (χ0v) is 16.5. The molecule has 146 valence electrons. The summed E-state index contributed by atoms with van der Waals surface area (Å²) in [5, 5.41) is 3.42.